The van der Waals surface area contributed by atoms with Gasteiger partial charge in [-0.15, -0.1) is 0 Å². The van der Waals surface area contributed by atoms with Gasteiger partial charge in [0.25, 0.3) is 10.0 Å². The number of carboxylic acid groups (broad SMARTS) is 1. The number of aliphatic carboxylic acids is 1. The number of hydrogen-bond donors (Lipinski definition) is 3. The molecule has 0 aliphatic carbocycles. The van der Waals surface area contributed by atoms with Gasteiger partial charge in [0.05, 0.1) is 30.0 Å². The van der Waals surface area contributed by atoms with E-state index in [9.17, 15) is 22.4 Å². The van der Waals surface area contributed by atoms with Gasteiger partial charge in [-0.05, 0) is 36.8 Å². The van der Waals surface area contributed by atoms with Crippen molar-refractivity contribution in [3.63, 3.8) is 0 Å². The van der Waals surface area contributed by atoms with Crippen LogP contribution in [0.4, 0.5) is 15.8 Å². The summed E-state index contributed by atoms with van der Waals surface area (Å²) in [7, 11) is -2.75. The second-order valence-corrected chi connectivity index (χ2v) is 7.82. The fourth-order valence-corrected chi connectivity index (χ4v) is 3.49. The third-order valence-electron chi connectivity index (χ3n) is 3.77. The number of carboxylic acids is 1. The van der Waals surface area contributed by atoms with Crippen molar-refractivity contribution in [2.24, 2.45) is 0 Å². The molecule has 0 spiro atoms. The van der Waals surface area contributed by atoms with Crippen LogP contribution in [0.25, 0.3) is 0 Å². The summed E-state index contributed by atoms with van der Waals surface area (Å²) in [5.74, 6) is -2.15. The Bertz CT molecular complexity index is 1040. The van der Waals surface area contributed by atoms with Crippen molar-refractivity contribution in [2.45, 2.75) is 24.7 Å². The Hall–Kier alpha value is -3.34. The lowest BCUT2D eigenvalue weighted by molar-refractivity contribution is -0.137. The third-order valence-corrected chi connectivity index (χ3v) is 5.15. The molecular formula is C19H21FN2O7S. The minimum Gasteiger partial charge on any atom is -0.494 e. The lowest BCUT2D eigenvalue weighted by atomic mass is 10.2. The summed E-state index contributed by atoms with van der Waals surface area (Å²) in [4.78, 5) is 21.3. The standard InChI is InChI=1S/C19H21FN2O7S/c1-12(23)21-16-7-5-13(10-18(16)28-2)22-30(26,27)14-6-8-17(15(20)11-14)29-9-3-4-19(24)25/h5-8,10-11,22H,3-4,9H2,1-2H3,(H,21,23)(H,24,25). The van der Waals surface area contributed by atoms with E-state index in [4.69, 9.17) is 14.6 Å². The molecule has 2 aromatic carbocycles. The Balaban J connectivity index is 2.14. The molecule has 162 valence electrons. The maximum atomic E-state index is 14.2. The zero-order chi connectivity index (χ0) is 22.3. The van der Waals surface area contributed by atoms with Gasteiger partial charge >= 0.3 is 5.97 Å². The molecule has 3 N–H and O–H groups in total. The van der Waals surface area contributed by atoms with Gasteiger partial charge in [-0.25, -0.2) is 12.8 Å². The molecule has 0 aromatic heterocycles. The number of hydrogen-bond acceptors (Lipinski definition) is 6. The average Bonchev–Trinajstić information content (AvgIpc) is 2.66. The Morgan fingerprint density at radius 1 is 1.13 bits per heavy atom. The highest BCUT2D eigenvalue weighted by molar-refractivity contribution is 7.92. The molecule has 0 fully saturated rings. The molecule has 30 heavy (non-hydrogen) atoms. The van der Waals surface area contributed by atoms with E-state index in [1.807, 2.05) is 0 Å². The van der Waals surface area contributed by atoms with E-state index >= 15 is 0 Å². The molecule has 11 heteroatoms. The second-order valence-electron chi connectivity index (χ2n) is 6.14. The van der Waals surface area contributed by atoms with Crippen LogP contribution in [0.2, 0.25) is 0 Å². The number of carbonyl (C=O) groups is 2. The van der Waals surface area contributed by atoms with E-state index in [1.54, 1.807) is 0 Å². The van der Waals surface area contributed by atoms with Crippen molar-refractivity contribution in [3.8, 4) is 11.5 Å². The summed E-state index contributed by atoms with van der Waals surface area (Å²) in [5, 5.41) is 11.1. The summed E-state index contributed by atoms with van der Waals surface area (Å²) >= 11 is 0. The number of methoxy groups -OCH3 is 1. The monoisotopic (exact) mass is 440 g/mol. The van der Waals surface area contributed by atoms with Gasteiger partial charge in [0.2, 0.25) is 5.91 Å². The molecule has 0 radical (unpaired) electrons. The molecule has 0 unspecified atom stereocenters. The van der Waals surface area contributed by atoms with Gasteiger partial charge in [-0.3, -0.25) is 14.3 Å². The summed E-state index contributed by atoms with van der Waals surface area (Å²) in [6.45, 7) is 1.30. The number of sulfonamides is 1. The minimum absolute atomic E-state index is 0.0198. The largest absolute Gasteiger partial charge is 0.494 e. The number of ether oxygens (including phenoxy) is 2. The van der Waals surface area contributed by atoms with E-state index in [-0.39, 0.29) is 47.4 Å². The van der Waals surface area contributed by atoms with Gasteiger partial charge in [0, 0.05) is 19.4 Å². The number of carbonyl (C=O) groups excluding carboxylic acids is 1. The lowest BCUT2D eigenvalue weighted by Gasteiger charge is -2.13. The SMILES string of the molecule is COc1cc(NS(=O)(=O)c2ccc(OCCCC(=O)O)c(F)c2)ccc1NC(C)=O. The number of nitrogens with one attached hydrogen (secondary N) is 2. The molecule has 0 atom stereocenters. The molecule has 0 heterocycles. The van der Waals surface area contributed by atoms with Crippen LogP contribution in [0.1, 0.15) is 19.8 Å². The first kappa shape index (κ1) is 22.9. The Morgan fingerprint density at radius 2 is 1.87 bits per heavy atom. The molecule has 0 aliphatic heterocycles. The number of rotatable bonds is 10. The van der Waals surface area contributed by atoms with E-state index in [0.717, 1.165) is 12.1 Å². The molecular weight excluding hydrogens is 419 g/mol. The van der Waals surface area contributed by atoms with Crippen LogP contribution in [0.3, 0.4) is 0 Å². The topological polar surface area (TPSA) is 131 Å². The first-order chi connectivity index (χ1) is 14.1. The van der Waals surface area contributed by atoms with Crippen molar-refractivity contribution >= 4 is 33.3 Å². The maximum Gasteiger partial charge on any atom is 0.303 e. The van der Waals surface area contributed by atoms with Gasteiger partial charge in [0.15, 0.2) is 11.6 Å². The summed E-state index contributed by atoms with van der Waals surface area (Å²) in [6.07, 6.45) is 0.0644. The number of halogens is 1. The molecule has 2 rings (SSSR count). The van der Waals surface area contributed by atoms with Crippen molar-refractivity contribution < 1.29 is 37.0 Å². The first-order valence-electron chi connectivity index (χ1n) is 8.75. The normalized spacial score (nSPS) is 10.9. The van der Waals surface area contributed by atoms with Gasteiger partial charge in [-0.2, -0.15) is 0 Å². The van der Waals surface area contributed by atoms with Gasteiger partial charge < -0.3 is 19.9 Å². The molecule has 0 saturated heterocycles. The van der Waals surface area contributed by atoms with Crippen molar-refractivity contribution in [3.05, 3.63) is 42.2 Å². The number of amides is 1. The highest BCUT2D eigenvalue weighted by Crippen LogP contribution is 2.30. The van der Waals surface area contributed by atoms with Gasteiger partial charge in [0.1, 0.15) is 5.75 Å². The van der Waals surface area contributed by atoms with E-state index in [1.165, 1.54) is 38.3 Å². The lowest BCUT2D eigenvalue weighted by Crippen LogP contribution is -2.14. The quantitative estimate of drug-likeness (QED) is 0.484. The van der Waals surface area contributed by atoms with Crippen LogP contribution in [0.5, 0.6) is 11.5 Å². The molecule has 0 saturated carbocycles. The molecule has 0 bridgehead atoms. The molecule has 1 amide bonds. The number of benzene rings is 2. The van der Waals surface area contributed by atoms with Crippen molar-refractivity contribution in [1.29, 1.82) is 0 Å². The fraction of sp³-hybridized carbons (Fsp3) is 0.263. The van der Waals surface area contributed by atoms with E-state index in [2.05, 4.69) is 10.0 Å². The van der Waals surface area contributed by atoms with Crippen LogP contribution in [0.15, 0.2) is 41.3 Å². The zero-order valence-electron chi connectivity index (χ0n) is 16.3. The summed E-state index contributed by atoms with van der Waals surface area (Å²) in [6, 6.07) is 7.39. The highest BCUT2D eigenvalue weighted by Gasteiger charge is 2.18. The average molecular weight is 440 g/mol. The van der Waals surface area contributed by atoms with Crippen LogP contribution in [-0.2, 0) is 19.6 Å². The van der Waals surface area contributed by atoms with Crippen LogP contribution < -0.4 is 19.5 Å². The van der Waals surface area contributed by atoms with Crippen molar-refractivity contribution in [1.82, 2.24) is 0 Å². The van der Waals surface area contributed by atoms with Crippen molar-refractivity contribution in [2.75, 3.05) is 23.8 Å². The maximum absolute atomic E-state index is 14.2. The predicted octanol–water partition coefficient (Wildman–Crippen LogP) is 2.84. The number of anilines is 2. The molecule has 9 nitrogen and oxygen atoms in total. The fourth-order valence-electron chi connectivity index (χ4n) is 2.43. The highest BCUT2D eigenvalue weighted by atomic mass is 32.2. The second kappa shape index (κ2) is 9.92. The molecule has 0 aliphatic rings. The van der Waals surface area contributed by atoms with Crippen LogP contribution in [-0.4, -0.2) is 39.1 Å². The zero-order valence-corrected chi connectivity index (χ0v) is 17.1. The Labute approximate surface area is 172 Å². The predicted molar refractivity (Wildman–Crippen MR) is 107 cm³/mol. The van der Waals surface area contributed by atoms with Gasteiger partial charge in [-0.1, -0.05) is 0 Å². The van der Waals surface area contributed by atoms with Crippen LogP contribution in [0, 0.1) is 5.82 Å². The summed E-state index contributed by atoms with van der Waals surface area (Å²) in [5.41, 5.74) is 0.513. The first-order valence-corrected chi connectivity index (χ1v) is 10.2. The third kappa shape index (κ3) is 6.34. The van der Waals surface area contributed by atoms with E-state index in [0.29, 0.717) is 5.69 Å². The smallest absolute Gasteiger partial charge is 0.303 e. The molecule has 2 aromatic rings. The Morgan fingerprint density at radius 3 is 2.47 bits per heavy atom. The van der Waals surface area contributed by atoms with Crippen LogP contribution >= 0.6 is 0 Å². The minimum atomic E-state index is -4.12. The summed E-state index contributed by atoms with van der Waals surface area (Å²) < 4.78 is 51.9. The van der Waals surface area contributed by atoms with E-state index < -0.39 is 21.8 Å². The Kier molecular flexibility index (Phi) is 7.59.